The Hall–Kier alpha value is -2.02. The maximum Gasteiger partial charge on any atom is 0.191 e. The summed E-state index contributed by atoms with van der Waals surface area (Å²) < 4.78 is 0. The number of halogens is 1. The van der Waals surface area contributed by atoms with Gasteiger partial charge in [0.05, 0.1) is 6.54 Å². The second-order valence-corrected chi connectivity index (χ2v) is 5.72. The molecular weight excluding hydrogens is 423 g/mol. The van der Waals surface area contributed by atoms with Gasteiger partial charge < -0.3 is 15.6 Å². The molecule has 0 fully saturated rings. The number of aliphatic imine (C=N–C) groups is 1. The number of hydrogen-bond acceptors (Lipinski definition) is 1. The third-order valence-electron chi connectivity index (χ3n) is 3.97. The number of nitrogens with zero attached hydrogens (tertiary/aromatic N) is 1. The number of guanidine groups is 1. The van der Waals surface area contributed by atoms with Crippen LogP contribution in [0.5, 0.6) is 0 Å². The van der Waals surface area contributed by atoms with Crippen LogP contribution in [0.25, 0.3) is 10.9 Å². The molecule has 3 rings (SSSR count). The van der Waals surface area contributed by atoms with Gasteiger partial charge in [0, 0.05) is 30.2 Å². The van der Waals surface area contributed by atoms with Crippen LogP contribution in [0.4, 0.5) is 0 Å². The number of hydrogen-bond donors (Lipinski definition) is 3. The van der Waals surface area contributed by atoms with Crippen molar-refractivity contribution >= 4 is 40.8 Å². The fraction of sp³-hybridized carbons (Fsp3) is 0.250. The molecule has 4 nitrogen and oxygen atoms in total. The molecule has 0 bridgehead atoms. The van der Waals surface area contributed by atoms with E-state index in [4.69, 9.17) is 0 Å². The molecule has 25 heavy (non-hydrogen) atoms. The number of rotatable bonds is 6. The number of fused-ring (bicyclic) bond motifs is 1. The normalized spacial score (nSPS) is 11.2. The molecule has 0 saturated carbocycles. The Bertz CT molecular complexity index is 796. The standard InChI is InChI=1S/C20H24N4.HI/c1-2-21-20(24-14-16-8-4-3-5-9-16)22-13-12-17-15-23-19-11-7-6-10-18(17)19;/h3-11,15,23H,2,12-14H2,1H3,(H2,21,22,24);1H. The monoisotopic (exact) mass is 448 g/mol. The van der Waals surface area contributed by atoms with Crippen LogP contribution in [0.15, 0.2) is 65.8 Å². The molecule has 132 valence electrons. The van der Waals surface area contributed by atoms with Gasteiger partial charge in [0.25, 0.3) is 0 Å². The van der Waals surface area contributed by atoms with Crippen LogP contribution in [0.1, 0.15) is 18.1 Å². The number of para-hydroxylation sites is 1. The summed E-state index contributed by atoms with van der Waals surface area (Å²) in [6.07, 6.45) is 3.06. The maximum atomic E-state index is 4.65. The molecule has 0 aliphatic heterocycles. The lowest BCUT2D eigenvalue weighted by atomic mass is 10.1. The third-order valence-corrected chi connectivity index (χ3v) is 3.97. The first-order valence-electron chi connectivity index (χ1n) is 8.48. The van der Waals surface area contributed by atoms with Crippen molar-refractivity contribution in [2.75, 3.05) is 13.1 Å². The molecule has 0 aliphatic carbocycles. The van der Waals surface area contributed by atoms with Crippen LogP contribution in [-0.4, -0.2) is 24.0 Å². The van der Waals surface area contributed by atoms with E-state index in [1.165, 1.54) is 22.0 Å². The summed E-state index contributed by atoms with van der Waals surface area (Å²) >= 11 is 0. The summed E-state index contributed by atoms with van der Waals surface area (Å²) in [7, 11) is 0. The molecule has 3 N–H and O–H groups in total. The number of benzene rings is 2. The van der Waals surface area contributed by atoms with Gasteiger partial charge in [-0.15, -0.1) is 24.0 Å². The van der Waals surface area contributed by atoms with Gasteiger partial charge in [0.15, 0.2) is 5.96 Å². The van der Waals surface area contributed by atoms with E-state index in [1.54, 1.807) is 0 Å². The van der Waals surface area contributed by atoms with E-state index in [-0.39, 0.29) is 24.0 Å². The summed E-state index contributed by atoms with van der Waals surface area (Å²) in [6.45, 7) is 4.47. The molecule has 0 spiro atoms. The van der Waals surface area contributed by atoms with Crippen LogP contribution < -0.4 is 10.6 Å². The minimum Gasteiger partial charge on any atom is -0.361 e. The zero-order chi connectivity index (χ0) is 16.6. The van der Waals surface area contributed by atoms with E-state index < -0.39 is 0 Å². The SMILES string of the molecule is CCNC(=NCc1ccccc1)NCCc1c[nH]c2ccccc12.I. The first-order valence-corrected chi connectivity index (χ1v) is 8.48. The molecule has 1 heterocycles. The lowest BCUT2D eigenvalue weighted by molar-refractivity contribution is 0.801. The van der Waals surface area contributed by atoms with Crippen LogP contribution >= 0.6 is 24.0 Å². The predicted molar refractivity (Wildman–Crippen MR) is 117 cm³/mol. The van der Waals surface area contributed by atoms with Gasteiger partial charge in [-0.05, 0) is 30.5 Å². The highest BCUT2D eigenvalue weighted by molar-refractivity contribution is 14.0. The molecular formula is C20H25IN4. The molecule has 3 aromatic rings. The van der Waals surface area contributed by atoms with Crippen molar-refractivity contribution in [3.8, 4) is 0 Å². The maximum absolute atomic E-state index is 4.65. The van der Waals surface area contributed by atoms with Gasteiger partial charge in [0.1, 0.15) is 0 Å². The minimum atomic E-state index is 0. The molecule has 0 amide bonds. The average Bonchev–Trinajstić information content (AvgIpc) is 3.04. The van der Waals surface area contributed by atoms with E-state index in [0.717, 1.165) is 25.5 Å². The lowest BCUT2D eigenvalue weighted by Gasteiger charge is -2.11. The zero-order valence-corrected chi connectivity index (χ0v) is 16.8. The summed E-state index contributed by atoms with van der Waals surface area (Å²) in [5.41, 5.74) is 3.74. The van der Waals surface area contributed by atoms with E-state index in [1.807, 2.05) is 18.2 Å². The van der Waals surface area contributed by atoms with Crippen molar-refractivity contribution in [3.05, 3.63) is 71.9 Å². The number of nitrogens with one attached hydrogen (secondary N) is 3. The third kappa shape index (κ3) is 5.49. The fourth-order valence-electron chi connectivity index (χ4n) is 2.75. The van der Waals surface area contributed by atoms with Gasteiger partial charge in [-0.1, -0.05) is 48.5 Å². The first-order chi connectivity index (χ1) is 11.9. The van der Waals surface area contributed by atoms with E-state index in [9.17, 15) is 0 Å². The van der Waals surface area contributed by atoms with Crippen molar-refractivity contribution in [3.63, 3.8) is 0 Å². The van der Waals surface area contributed by atoms with Gasteiger partial charge >= 0.3 is 0 Å². The largest absolute Gasteiger partial charge is 0.361 e. The van der Waals surface area contributed by atoms with Crippen LogP contribution in [0.2, 0.25) is 0 Å². The van der Waals surface area contributed by atoms with Crippen molar-refractivity contribution in [1.29, 1.82) is 0 Å². The molecule has 0 saturated heterocycles. The van der Waals surface area contributed by atoms with Gasteiger partial charge in [0.2, 0.25) is 0 Å². The first kappa shape index (κ1) is 19.3. The smallest absolute Gasteiger partial charge is 0.191 e. The van der Waals surface area contributed by atoms with Gasteiger partial charge in [-0.2, -0.15) is 0 Å². The summed E-state index contributed by atoms with van der Waals surface area (Å²) in [4.78, 5) is 7.98. The molecule has 1 aromatic heterocycles. The minimum absolute atomic E-state index is 0. The Morgan fingerprint density at radius 1 is 1.00 bits per heavy atom. The molecule has 0 aliphatic rings. The quantitative estimate of drug-likeness (QED) is 0.303. The van der Waals surface area contributed by atoms with Gasteiger partial charge in [-0.3, -0.25) is 0 Å². The molecule has 2 aromatic carbocycles. The fourth-order valence-corrected chi connectivity index (χ4v) is 2.75. The molecule has 0 radical (unpaired) electrons. The Labute approximate surface area is 166 Å². The topological polar surface area (TPSA) is 52.2 Å². The lowest BCUT2D eigenvalue weighted by Crippen LogP contribution is -2.38. The highest BCUT2D eigenvalue weighted by Gasteiger charge is 2.03. The van der Waals surface area contributed by atoms with Crippen molar-refractivity contribution in [1.82, 2.24) is 15.6 Å². The average molecular weight is 448 g/mol. The number of aromatic nitrogens is 1. The zero-order valence-electron chi connectivity index (χ0n) is 14.5. The van der Waals surface area contributed by atoms with Crippen molar-refractivity contribution in [2.45, 2.75) is 19.9 Å². The Kier molecular flexibility index (Phi) is 7.78. The van der Waals surface area contributed by atoms with Crippen molar-refractivity contribution < 1.29 is 0 Å². The van der Waals surface area contributed by atoms with Crippen LogP contribution in [0, 0.1) is 0 Å². The highest BCUT2D eigenvalue weighted by atomic mass is 127. The Balaban J connectivity index is 0.00000225. The highest BCUT2D eigenvalue weighted by Crippen LogP contribution is 2.17. The van der Waals surface area contributed by atoms with E-state index in [2.05, 4.69) is 70.1 Å². The second kappa shape index (κ2) is 10.1. The summed E-state index contributed by atoms with van der Waals surface area (Å²) in [6, 6.07) is 18.7. The number of aromatic amines is 1. The summed E-state index contributed by atoms with van der Waals surface area (Å²) in [5.74, 6) is 0.862. The Morgan fingerprint density at radius 3 is 2.56 bits per heavy atom. The van der Waals surface area contributed by atoms with Crippen molar-refractivity contribution in [2.24, 2.45) is 4.99 Å². The molecule has 5 heteroatoms. The predicted octanol–water partition coefficient (Wildman–Crippen LogP) is 4.08. The Morgan fingerprint density at radius 2 is 1.76 bits per heavy atom. The van der Waals surface area contributed by atoms with E-state index in [0.29, 0.717) is 6.54 Å². The molecule has 0 atom stereocenters. The molecule has 0 unspecified atom stereocenters. The van der Waals surface area contributed by atoms with Gasteiger partial charge in [-0.25, -0.2) is 4.99 Å². The van der Waals surface area contributed by atoms with Crippen LogP contribution in [-0.2, 0) is 13.0 Å². The van der Waals surface area contributed by atoms with E-state index >= 15 is 0 Å². The summed E-state index contributed by atoms with van der Waals surface area (Å²) in [5, 5.41) is 8.02. The number of H-pyrrole nitrogens is 1. The van der Waals surface area contributed by atoms with Crippen LogP contribution in [0.3, 0.4) is 0 Å². The second-order valence-electron chi connectivity index (χ2n) is 5.72.